The Bertz CT molecular complexity index is 1590. The van der Waals surface area contributed by atoms with Crippen LogP contribution in [0.3, 0.4) is 0 Å². The highest BCUT2D eigenvalue weighted by atomic mass is 16.5. The third kappa shape index (κ3) is 5.21. The van der Waals surface area contributed by atoms with Crippen LogP contribution in [0.4, 0.5) is 0 Å². The van der Waals surface area contributed by atoms with Crippen molar-refractivity contribution in [3.63, 3.8) is 0 Å². The van der Waals surface area contributed by atoms with Crippen LogP contribution in [0.5, 0.6) is 11.5 Å². The molecule has 182 valence electrons. The predicted molar refractivity (Wildman–Crippen MR) is 144 cm³/mol. The van der Waals surface area contributed by atoms with Gasteiger partial charge in [0.05, 0.1) is 7.11 Å². The number of carbonyl (C=O) groups is 2. The number of ketones is 1. The molecule has 0 bridgehead atoms. The van der Waals surface area contributed by atoms with E-state index in [0.717, 1.165) is 16.7 Å². The van der Waals surface area contributed by atoms with Crippen LogP contribution in [-0.4, -0.2) is 18.9 Å². The third-order valence-electron chi connectivity index (χ3n) is 5.99. The summed E-state index contributed by atoms with van der Waals surface area (Å²) in [5.41, 5.74) is 4.19. The lowest BCUT2D eigenvalue weighted by Gasteiger charge is -2.06. The highest BCUT2D eigenvalue weighted by Gasteiger charge is 2.24. The van der Waals surface area contributed by atoms with Crippen LogP contribution in [-0.2, 0) is 0 Å². The number of furan rings is 1. The van der Waals surface area contributed by atoms with Gasteiger partial charge >= 0.3 is 5.97 Å². The lowest BCUT2D eigenvalue weighted by atomic mass is 10.1. The monoisotopic (exact) mass is 488 g/mol. The highest BCUT2D eigenvalue weighted by molar-refractivity contribution is 6.10. The minimum absolute atomic E-state index is 0.0776. The predicted octanol–water partition coefficient (Wildman–Crippen LogP) is 7.53. The van der Waals surface area contributed by atoms with Gasteiger partial charge in [0, 0.05) is 16.5 Å². The first-order valence-electron chi connectivity index (χ1n) is 11.8. The molecule has 0 amide bonds. The van der Waals surface area contributed by atoms with Gasteiger partial charge in [-0.1, -0.05) is 78.4 Å². The molecule has 0 N–H and O–H groups in total. The van der Waals surface area contributed by atoms with Gasteiger partial charge in [0.2, 0.25) is 0 Å². The van der Waals surface area contributed by atoms with E-state index in [9.17, 15) is 9.59 Å². The minimum Gasteiger partial charge on any atom is -0.497 e. The van der Waals surface area contributed by atoms with Crippen molar-refractivity contribution in [2.24, 2.45) is 0 Å². The van der Waals surface area contributed by atoms with E-state index >= 15 is 0 Å². The summed E-state index contributed by atoms with van der Waals surface area (Å²) in [4.78, 5) is 25.8. The van der Waals surface area contributed by atoms with Gasteiger partial charge in [0.25, 0.3) is 0 Å². The number of fused-ring (bicyclic) bond motifs is 1. The number of benzene rings is 4. The zero-order valence-electron chi connectivity index (χ0n) is 20.4. The van der Waals surface area contributed by atoms with Crippen molar-refractivity contribution in [1.29, 1.82) is 0 Å². The summed E-state index contributed by atoms with van der Waals surface area (Å²) in [5.74, 6) is 0.805. The zero-order valence-corrected chi connectivity index (χ0v) is 20.4. The van der Waals surface area contributed by atoms with Crippen LogP contribution < -0.4 is 9.47 Å². The number of ether oxygens (including phenoxy) is 2. The van der Waals surface area contributed by atoms with E-state index < -0.39 is 5.97 Å². The average molecular weight is 489 g/mol. The van der Waals surface area contributed by atoms with E-state index in [1.54, 1.807) is 55.7 Å². The van der Waals surface area contributed by atoms with Crippen molar-refractivity contribution < 1.29 is 23.5 Å². The normalized spacial score (nSPS) is 11.1. The largest absolute Gasteiger partial charge is 0.497 e. The van der Waals surface area contributed by atoms with Crippen LogP contribution in [0.2, 0.25) is 0 Å². The van der Waals surface area contributed by atoms with Gasteiger partial charge in [-0.3, -0.25) is 4.79 Å². The summed E-state index contributed by atoms with van der Waals surface area (Å²) in [6.07, 6.45) is 3.26. The van der Waals surface area contributed by atoms with E-state index in [0.29, 0.717) is 39.4 Å². The Morgan fingerprint density at radius 2 is 1.51 bits per heavy atom. The molecule has 1 heterocycles. The zero-order chi connectivity index (χ0) is 25.8. The summed E-state index contributed by atoms with van der Waals surface area (Å²) in [7, 11) is 1.57. The number of rotatable bonds is 7. The number of methoxy groups -OCH3 is 1. The van der Waals surface area contributed by atoms with Gasteiger partial charge in [0.1, 0.15) is 28.4 Å². The molecule has 5 nitrogen and oxygen atoms in total. The molecule has 0 atom stereocenters. The first kappa shape index (κ1) is 23.8. The first-order valence-corrected chi connectivity index (χ1v) is 11.8. The van der Waals surface area contributed by atoms with Crippen molar-refractivity contribution in [2.75, 3.05) is 7.11 Å². The molecule has 0 fully saturated rings. The maximum Gasteiger partial charge on any atom is 0.348 e. The molecule has 0 aliphatic rings. The Balaban J connectivity index is 1.39. The van der Waals surface area contributed by atoms with E-state index in [2.05, 4.69) is 0 Å². The maximum absolute atomic E-state index is 13.4. The fraction of sp³-hybridized carbons (Fsp3) is 0.0625. The lowest BCUT2D eigenvalue weighted by molar-refractivity contribution is 0.0736. The number of carbonyl (C=O) groups excluding carboxylic acids is 2. The van der Waals surface area contributed by atoms with Crippen LogP contribution in [0, 0.1) is 6.92 Å². The summed E-state index contributed by atoms with van der Waals surface area (Å²) in [6.45, 7) is 1.98. The molecule has 1 aromatic heterocycles. The molecule has 0 spiro atoms. The van der Waals surface area contributed by atoms with E-state index in [1.165, 1.54) is 6.08 Å². The molecule has 5 heteroatoms. The molecular weight excluding hydrogens is 464 g/mol. The van der Waals surface area contributed by atoms with Crippen LogP contribution in [0.25, 0.3) is 28.4 Å². The van der Waals surface area contributed by atoms with Crippen molar-refractivity contribution in [3.05, 3.63) is 125 Å². The molecular formula is C32H24O5. The highest BCUT2D eigenvalue weighted by Crippen LogP contribution is 2.36. The molecule has 0 saturated heterocycles. The Morgan fingerprint density at radius 1 is 0.811 bits per heavy atom. The van der Waals surface area contributed by atoms with Crippen LogP contribution in [0.1, 0.15) is 31.8 Å². The summed E-state index contributed by atoms with van der Waals surface area (Å²) in [6, 6.07) is 29.1. The van der Waals surface area contributed by atoms with Crippen molar-refractivity contribution in [2.45, 2.75) is 6.92 Å². The van der Waals surface area contributed by atoms with Gasteiger partial charge < -0.3 is 13.9 Å². The molecule has 0 saturated carbocycles. The number of aryl methyl sites for hydroxylation is 1. The molecule has 5 aromatic rings. The number of esters is 1. The SMILES string of the molecule is COc1ccc2oc(-c3ccccc3)c(C(=O)Oc3ccc(C=CC(=O)c4ccc(C)cc4)cc3)c2c1. The minimum atomic E-state index is -0.538. The third-order valence-corrected chi connectivity index (χ3v) is 5.99. The standard InChI is InChI=1S/C32H24O5/c1-21-8-13-23(14-9-21)28(33)18-12-22-10-15-25(16-11-22)36-32(34)30-27-20-26(35-2)17-19-29(27)37-31(30)24-6-4-3-5-7-24/h3-20H,1-2H3. The Hall–Kier alpha value is -4.90. The first-order chi connectivity index (χ1) is 18.0. The number of allylic oxidation sites excluding steroid dienone is 1. The number of hydrogen-bond donors (Lipinski definition) is 0. The molecule has 5 rings (SSSR count). The molecule has 0 radical (unpaired) electrons. The lowest BCUT2D eigenvalue weighted by Crippen LogP contribution is -2.09. The van der Waals surface area contributed by atoms with E-state index in [1.807, 2.05) is 61.5 Å². The quantitative estimate of drug-likeness (QED) is 0.103. The van der Waals surface area contributed by atoms with Crippen LogP contribution in [0.15, 0.2) is 108 Å². The molecule has 0 aliphatic carbocycles. The summed E-state index contributed by atoms with van der Waals surface area (Å²) in [5, 5.41) is 0.609. The molecule has 0 aliphatic heterocycles. The average Bonchev–Trinajstić information content (AvgIpc) is 3.32. The second-order valence-electron chi connectivity index (χ2n) is 8.56. The van der Waals surface area contributed by atoms with Crippen molar-refractivity contribution >= 4 is 28.8 Å². The summed E-state index contributed by atoms with van der Waals surface area (Å²) < 4.78 is 17.1. The second-order valence-corrected chi connectivity index (χ2v) is 8.56. The van der Waals surface area contributed by atoms with Crippen molar-refractivity contribution in [3.8, 4) is 22.8 Å². The Labute approximate surface area is 214 Å². The van der Waals surface area contributed by atoms with Gasteiger partial charge in [-0.15, -0.1) is 0 Å². The topological polar surface area (TPSA) is 65.7 Å². The molecule has 0 unspecified atom stereocenters. The van der Waals surface area contributed by atoms with E-state index in [-0.39, 0.29) is 5.78 Å². The fourth-order valence-electron chi connectivity index (χ4n) is 3.99. The smallest absolute Gasteiger partial charge is 0.348 e. The maximum atomic E-state index is 13.4. The Morgan fingerprint density at radius 3 is 2.22 bits per heavy atom. The van der Waals surface area contributed by atoms with Gasteiger partial charge in [-0.25, -0.2) is 4.79 Å². The number of hydrogen-bond acceptors (Lipinski definition) is 5. The van der Waals surface area contributed by atoms with E-state index in [4.69, 9.17) is 13.9 Å². The van der Waals surface area contributed by atoms with Gasteiger partial charge in [-0.05, 0) is 48.9 Å². The summed E-state index contributed by atoms with van der Waals surface area (Å²) >= 11 is 0. The second kappa shape index (κ2) is 10.4. The Kier molecular flexibility index (Phi) is 6.68. The van der Waals surface area contributed by atoms with Crippen molar-refractivity contribution in [1.82, 2.24) is 0 Å². The van der Waals surface area contributed by atoms with Gasteiger partial charge in [0.15, 0.2) is 5.78 Å². The van der Waals surface area contributed by atoms with Gasteiger partial charge in [-0.2, -0.15) is 0 Å². The molecule has 37 heavy (non-hydrogen) atoms. The molecule has 4 aromatic carbocycles. The van der Waals surface area contributed by atoms with Crippen LogP contribution >= 0.6 is 0 Å². The fourth-order valence-corrected chi connectivity index (χ4v) is 3.99.